The second kappa shape index (κ2) is 10.7. The van der Waals surface area contributed by atoms with Crippen molar-refractivity contribution in [2.75, 3.05) is 6.61 Å². The van der Waals surface area contributed by atoms with E-state index in [1.54, 1.807) is 24.3 Å². The fourth-order valence-electron chi connectivity index (χ4n) is 2.08. The molecule has 0 radical (unpaired) electrons. The molecule has 4 heteroatoms. The van der Waals surface area contributed by atoms with Gasteiger partial charge in [-0.1, -0.05) is 52.7 Å². The molecule has 0 amide bonds. The zero-order chi connectivity index (χ0) is 19.6. The van der Waals surface area contributed by atoms with Gasteiger partial charge < -0.3 is 9.47 Å². The molecule has 142 valence electrons. The lowest BCUT2D eigenvalue weighted by molar-refractivity contribution is 0.0280. The van der Waals surface area contributed by atoms with Gasteiger partial charge in [0.2, 0.25) is 0 Å². The van der Waals surface area contributed by atoms with E-state index in [0.29, 0.717) is 12.8 Å². The minimum absolute atomic E-state index is 0.143. The third kappa shape index (κ3) is 7.74. The molecule has 0 N–H and O–H groups in total. The summed E-state index contributed by atoms with van der Waals surface area (Å²) >= 11 is 0. The zero-order valence-electron chi connectivity index (χ0n) is 16.6. The van der Waals surface area contributed by atoms with Crippen LogP contribution < -0.4 is 0 Å². The Morgan fingerprint density at radius 2 is 1.65 bits per heavy atom. The van der Waals surface area contributed by atoms with Crippen LogP contribution in [0.25, 0.3) is 0 Å². The summed E-state index contributed by atoms with van der Waals surface area (Å²) in [6.45, 7) is 10.2. The van der Waals surface area contributed by atoms with Crippen molar-refractivity contribution in [3.05, 3.63) is 35.4 Å². The second-order valence-corrected chi connectivity index (χ2v) is 7.43. The molecule has 0 aliphatic rings. The number of rotatable bonds is 7. The standard InChI is InChI=1S/C22H30O4/c1-6-8-9-10-13-17(7-2)26-21(24)19-15-12-11-14-18(19)20(23)25-16-22(3,4)5/h11-12,14-15,17H,6-8,13,16H2,1-5H3. The van der Waals surface area contributed by atoms with E-state index in [0.717, 1.165) is 12.8 Å². The van der Waals surface area contributed by atoms with E-state index in [1.807, 2.05) is 27.7 Å². The number of esters is 2. The molecule has 0 aliphatic heterocycles. The monoisotopic (exact) mass is 358 g/mol. The first-order valence-corrected chi connectivity index (χ1v) is 9.21. The Kier molecular flexibility index (Phi) is 8.92. The van der Waals surface area contributed by atoms with Gasteiger partial charge in [-0.15, -0.1) is 5.92 Å². The average molecular weight is 358 g/mol. The molecule has 0 aromatic heterocycles. The smallest absolute Gasteiger partial charge is 0.339 e. The quantitative estimate of drug-likeness (QED) is 0.507. The predicted octanol–water partition coefficient (Wildman–Crippen LogP) is 5.02. The third-order valence-electron chi connectivity index (χ3n) is 3.56. The molecule has 0 bridgehead atoms. The molecule has 1 unspecified atom stereocenters. The van der Waals surface area contributed by atoms with Crippen LogP contribution in [0.5, 0.6) is 0 Å². The van der Waals surface area contributed by atoms with Gasteiger partial charge in [-0.05, 0) is 30.4 Å². The highest BCUT2D eigenvalue weighted by atomic mass is 16.5. The summed E-state index contributed by atoms with van der Waals surface area (Å²) in [6, 6.07) is 6.59. The number of carbonyl (C=O) groups excluding carboxylic acids is 2. The van der Waals surface area contributed by atoms with Gasteiger partial charge in [0.05, 0.1) is 17.7 Å². The maximum Gasteiger partial charge on any atom is 0.339 e. The van der Waals surface area contributed by atoms with E-state index in [2.05, 4.69) is 18.8 Å². The predicted molar refractivity (Wildman–Crippen MR) is 103 cm³/mol. The summed E-state index contributed by atoms with van der Waals surface area (Å²) in [5.74, 6) is 5.08. The number of carbonyl (C=O) groups is 2. The minimum Gasteiger partial charge on any atom is -0.462 e. The van der Waals surface area contributed by atoms with E-state index in [1.165, 1.54) is 0 Å². The number of unbranched alkanes of at least 4 members (excludes halogenated alkanes) is 1. The lowest BCUT2D eigenvalue weighted by atomic mass is 9.98. The van der Waals surface area contributed by atoms with Crippen LogP contribution in [0.3, 0.4) is 0 Å². The van der Waals surface area contributed by atoms with Crippen LogP contribution in [0.1, 0.15) is 81.0 Å². The van der Waals surface area contributed by atoms with E-state index in [4.69, 9.17) is 9.47 Å². The Morgan fingerprint density at radius 1 is 1.04 bits per heavy atom. The van der Waals surface area contributed by atoms with Crippen LogP contribution in [0, 0.1) is 17.3 Å². The van der Waals surface area contributed by atoms with Crippen molar-refractivity contribution < 1.29 is 19.1 Å². The molecular formula is C22H30O4. The highest BCUT2D eigenvalue weighted by molar-refractivity contribution is 6.03. The fourth-order valence-corrected chi connectivity index (χ4v) is 2.08. The summed E-state index contributed by atoms with van der Waals surface area (Å²) in [6.07, 6.45) is 2.73. The molecule has 0 aliphatic carbocycles. The zero-order valence-corrected chi connectivity index (χ0v) is 16.6. The van der Waals surface area contributed by atoms with Gasteiger partial charge in [-0.2, -0.15) is 0 Å². The molecule has 0 saturated carbocycles. The molecule has 4 nitrogen and oxygen atoms in total. The first-order valence-electron chi connectivity index (χ1n) is 9.21. The summed E-state index contributed by atoms with van der Waals surface area (Å²) in [5.41, 5.74) is 0.315. The largest absolute Gasteiger partial charge is 0.462 e. The Labute approximate surface area is 157 Å². The lowest BCUT2D eigenvalue weighted by Gasteiger charge is -2.19. The maximum atomic E-state index is 12.6. The second-order valence-electron chi connectivity index (χ2n) is 7.43. The molecule has 0 spiro atoms. The van der Waals surface area contributed by atoms with Crippen molar-refractivity contribution in [3.8, 4) is 11.8 Å². The van der Waals surface area contributed by atoms with E-state index >= 15 is 0 Å². The van der Waals surface area contributed by atoms with Gasteiger partial charge in [0.25, 0.3) is 0 Å². The van der Waals surface area contributed by atoms with Crippen molar-refractivity contribution >= 4 is 11.9 Å². The van der Waals surface area contributed by atoms with Crippen LogP contribution in [0.2, 0.25) is 0 Å². The van der Waals surface area contributed by atoms with Crippen molar-refractivity contribution in [3.63, 3.8) is 0 Å². The highest BCUT2D eigenvalue weighted by Gasteiger charge is 2.22. The molecule has 1 atom stereocenters. The van der Waals surface area contributed by atoms with Crippen LogP contribution in [-0.4, -0.2) is 24.6 Å². The Bertz CT molecular complexity index is 659. The number of benzene rings is 1. The van der Waals surface area contributed by atoms with Gasteiger partial charge in [0, 0.05) is 12.8 Å². The molecule has 0 heterocycles. The molecule has 0 saturated heterocycles. The van der Waals surface area contributed by atoms with Gasteiger partial charge in [-0.25, -0.2) is 9.59 Å². The van der Waals surface area contributed by atoms with Crippen molar-refractivity contribution in [2.24, 2.45) is 5.41 Å². The Balaban J connectivity index is 2.83. The van der Waals surface area contributed by atoms with E-state index in [9.17, 15) is 9.59 Å². The normalized spacial score (nSPS) is 11.9. The lowest BCUT2D eigenvalue weighted by Crippen LogP contribution is -2.22. The molecule has 1 aromatic carbocycles. The molecule has 1 aromatic rings. The first kappa shape index (κ1) is 21.8. The van der Waals surface area contributed by atoms with Crippen molar-refractivity contribution in [1.29, 1.82) is 0 Å². The Hall–Kier alpha value is -2.28. The summed E-state index contributed by atoms with van der Waals surface area (Å²) in [5, 5.41) is 0. The first-order chi connectivity index (χ1) is 12.3. The summed E-state index contributed by atoms with van der Waals surface area (Å²) < 4.78 is 10.9. The number of ether oxygens (including phenoxy) is 2. The minimum atomic E-state index is -0.516. The van der Waals surface area contributed by atoms with Crippen molar-refractivity contribution in [2.45, 2.75) is 66.4 Å². The van der Waals surface area contributed by atoms with Gasteiger partial charge in [0.1, 0.15) is 6.10 Å². The summed E-state index contributed by atoms with van der Waals surface area (Å²) in [7, 11) is 0. The van der Waals surface area contributed by atoms with Gasteiger partial charge in [-0.3, -0.25) is 0 Å². The maximum absolute atomic E-state index is 12.6. The van der Waals surface area contributed by atoms with Gasteiger partial charge in [0.15, 0.2) is 0 Å². The molecular weight excluding hydrogens is 328 g/mol. The molecule has 1 rings (SSSR count). The third-order valence-corrected chi connectivity index (χ3v) is 3.56. The summed E-state index contributed by atoms with van der Waals surface area (Å²) in [4.78, 5) is 24.9. The van der Waals surface area contributed by atoms with E-state index in [-0.39, 0.29) is 29.3 Å². The topological polar surface area (TPSA) is 52.6 Å². The van der Waals surface area contributed by atoms with Crippen LogP contribution in [0.4, 0.5) is 0 Å². The van der Waals surface area contributed by atoms with Gasteiger partial charge >= 0.3 is 11.9 Å². The number of hydrogen-bond donors (Lipinski definition) is 0. The van der Waals surface area contributed by atoms with E-state index < -0.39 is 11.9 Å². The van der Waals surface area contributed by atoms with Crippen molar-refractivity contribution in [1.82, 2.24) is 0 Å². The highest BCUT2D eigenvalue weighted by Crippen LogP contribution is 2.18. The van der Waals surface area contributed by atoms with Crippen LogP contribution in [-0.2, 0) is 9.47 Å². The van der Waals surface area contributed by atoms with Crippen LogP contribution in [0.15, 0.2) is 24.3 Å². The average Bonchev–Trinajstić information content (AvgIpc) is 2.61. The fraction of sp³-hybridized carbons (Fsp3) is 0.545. The number of hydrogen-bond acceptors (Lipinski definition) is 4. The molecule has 26 heavy (non-hydrogen) atoms. The molecule has 0 fully saturated rings. The van der Waals surface area contributed by atoms with Crippen LogP contribution >= 0.6 is 0 Å². The Morgan fingerprint density at radius 3 is 2.19 bits per heavy atom. The SMILES string of the molecule is CCCC#CCC(CC)OC(=O)c1ccccc1C(=O)OCC(C)(C)C.